The van der Waals surface area contributed by atoms with Gasteiger partial charge in [-0.05, 0) is 30.5 Å². The molecule has 1 aromatic heterocycles. The summed E-state index contributed by atoms with van der Waals surface area (Å²) in [7, 11) is 0. The summed E-state index contributed by atoms with van der Waals surface area (Å²) >= 11 is 0. The Morgan fingerprint density at radius 3 is 2.36 bits per heavy atom. The fourth-order valence-electron chi connectivity index (χ4n) is 2.61. The minimum atomic E-state index is -0.933. The van der Waals surface area contributed by atoms with Gasteiger partial charge in [0.25, 0.3) is 5.91 Å². The van der Waals surface area contributed by atoms with E-state index < -0.39 is 12.1 Å². The number of esters is 1. The first-order chi connectivity index (χ1) is 13.5. The van der Waals surface area contributed by atoms with Crippen LogP contribution in [-0.2, 0) is 9.53 Å². The Morgan fingerprint density at radius 1 is 1.04 bits per heavy atom. The van der Waals surface area contributed by atoms with Crippen LogP contribution in [0.25, 0.3) is 5.69 Å². The molecule has 0 fully saturated rings. The van der Waals surface area contributed by atoms with Crippen molar-refractivity contribution in [2.75, 3.05) is 6.54 Å². The van der Waals surface area contributed by atoms with Crippen molar-refractivity contribution in [1.82, 2.24) is 20.3 Å². The number of para-hydroxylation sites is 1. The second kappa shape index (κ2) is 8.94. The Balaban J connectivity index is 1.52. The number of rotatable bonds is 7. The lowest BCUT2D eigenvalue weighted by molar-refractivity contribution is -0.129. The lowest BCUT2D eigenvalue weighted by Crippen LogP contribution is -2.37. The van der Waals surface area contributed by atoms with Crippen molar-refractivity contribution in [3.63, 3.8) is 0 Å². The van der Waals surface area contributed by atoms with Gasteiger partial charge in [-0.1, -0.05) is 55.5 Å². The zero-order valence-corrected chi connectivity index (χ0v) is 15.8. The number of hydrogen-bond acceptors (Lipinski definition) is 5. The molecule has 1 N–H and O–H groups in total. The van der Waals surface area contributed by atoms with E-state index in [1.54, 1.807) is 0 Å². The maximum atomic E-state index is 12.2. The van der Waals surface area contributed by atoms with Crippen molar-refractivity contribution >= 4 is 11.9 Å². The van der Waals surface area contributed by atoms with Crippen molar-refractivity contribution in [2.24, 2.45) is 0 Å². The summed E-state index contributed by atoms with van der Waals surface area (Å²) in [5, 5.41) is 11.0. The van der Waals surface area contributed by atoms with Crippen molar-refractivity contribution in [3.8, 4) is 5.69 Å². The summed E-state index contributed by atoms with van der Waals surface area (Å²) < 4.78 is 5.22. The highest BCUT2D eigenvalue weighted by atomic mass is 16.5. The number of nitrogens with zero attached hydrogens (tertiary/aromatic N) is 3. The summed E-state index contributed by atoms with van der Waals surface area (Å²) in [4.78, 5) is 25.8. The molecule has 0 bridgehead atoms. The molecule has 0 saturated carbocycles. The average molecular weight is 378 g/mol. The molecular formula is C21H22N4O3. The van der Waals surface area contributed by atoms with Crippen LogP contribution in [0.5, 0.6) is 0 Å². The van der Waals surface area contributed by atoms with Crippen LogP contribution in [0.2, 0.25) is 0 Å². The molecular weight excluding hydrogens is 356 g/mol. The van der Waals surface area contributed by atoms with Crippen LogP contribution < -0.4 is 5.32 Å². The summed E-state index contributed by atoms with van der Waals surface area (Å²) in [6.07, 6.45) is 0.384. The molecule has 0 aliphatic rings. The summed E-state index contributed by atoms with van der Waals surface area (Å²) in [6.45, 7) is 4.01. The fraction of sp³-hybridized carbons (Fsp3) is 0.238. The minimum absolute atomic E-state index is 0.0427. The first-order valence-corrected chi connectivity index (χ1v) is 9.06. The predicted molar refractivity (Wildman–Crippen MR) is 104 cm³/mol. The van der Waals surface area contributed by atoms with Gasteiger partial charge in [-0.15, -0.1) is 5.10 Å². The molecule has 3 rings (SSSR count). The molecule has 0 radical (unpaired) electrons. The molecule has 1 heterocycles. The third kappa shape index (κ3) is 4.82. The highest BCUT2D eigenvalue weighted by Crippen LogP contribution is 2.13. The number of carbonyl (C=O) groups excluding carboxylic acids is 2. The smallest absolute Gasteiger partial charge is 0.361 e. The lowest BCUT2D eigenvalue weighted by Gasteiger charge is -2.16. The Morgan fingerprint density at radius 2 is 1.68 bits per heavy atom. The van der Waals surface area contributed by atoms with Gasteiger partial charge in [-0.2, -0.15) is 9.90 Å². The molecule has 1 amide bonds. The second-order valence-electron chi connectivity index (χ2n) is 6.46. The second-order valence-corrected chi connectivity index (χ2v) is 6.46. The van der Waals surface area contributed by atoms with E-state index >= 15 is 0 Å². The third-order valence-electron chi connectivity index (χ3n) is 4.29. The quantitative estimate of drug-likeness (QED) is 0.639. The van der Waals surface area contributed by atoms with E-state index in [0.29, 0.717) is 6.54 Å². The number of carbonyl (C=O) groups is 2. The first kappa shape index (κ1) is 19.3. The molecule has 7 nitrogen and oxygen atoms in total. The van der Waals surface area contributed by atoms with Gasteiger partial charge in [0.15, 0.2) is 11.8 Å². The Bertz CT molecular complexity index is 925. The van der Waals surface area contributed by atoms with Gasteiger partial charge >= 0.3 is 5.97 Å². The van der Waals surface area contributed by atoms with Gasteiger partial charge in [-0.3, -0.25) is 4.79 Å². The number of aromatic nitrogens is 3. The van der Waals surface area contributed by atoms with Gasteiger partial charge in [0.2, 0.25) is 0 Å². The maximum Gasteiger partial charge on any atom is 0.361 e. The molecule has 28 heavy (non-hydrogen) atoms. The highest BCUT2D eigenvalue weighted by molar-refractivity contribution is 5.90. The molecule has 2 atom stereocenters. The van der Waals surface area contributed by atoms with Crippen LogP contribution >= 0.6 is 0 Å². The normalized spacial score (nSPS) is 12.8. The van der Waals surface area contributed by atoms with E-state index in [1.807, 2.05) is 67.6 Å². The molecule has 144 valence electrons. The summed E-state index contributed by atoms with van der Waals surface area (Å²) in [5.74, 6) is -0.897. The van der Waals surface area contributed by atoms with E-state index in [4.69, 9.17) is 4.74 Å². The first-order valence-electron chi connectivity index (χ1n) is 9.06. The zero-order chi connectivity index (χ0) is 19.9. The monoisotopic (exact) mass is 378 g/mol. The molecule has 0 spiro atoms. The molecule has 0 aliphatic carbocycles. The molecule has 2 unspecified atom stereocenters. The Hall–Kier alpha value is -3.48. The third-order valence-corrected chi connectivity index (χ3v) is 4.29. The number of ether oxygens (including phenoxy) is 1. The number of nitrogens with one attached hydrogen (secondary N) is 1. The van der Waals surface area contributed by atoms with Crippen molar-refractivity contribution in [1.29, 1.82) is 0 Å². The van der Waals surface area contributed by atoms with E-state index in [1.165, 1.54) is 17.9 Å². The van der Waals surface area contributed by atoms with Crippen LogP contribution in [0, 0.1) is 0 Å². The molecule has 7 heteroatoms. The number of amides is 1. The Labute approximate surface area is 163 Å². The van der Waals surface area contributed by atoms with E-state index in [-0.39, 0.29) is 17.5 Å². The largest absolute Gasteiger partial charge is 0.448 e. The molecule has 2 aromatic carbocycles. The number of benzene rings is 2. The van der Waals surface area contributed by atoms with Crippen molar-refractivity contribution < 1.29 is 14.3 Å². The average Bonchev–Trinajstić information content (AvgIpc) is 3.23. The lowest BCUT2D eigenvalue weighted by atomic mass is 10.0. The van der Waals surface area contributed by atoms with Crippen LogP contribution in [0.3, 0.4) is 0 Å². The maximum absolute atomic E-state index is 12.2. The standard InChI is InChI=1S/C21H22N4O3/c1-15(17-9-5-3-6-10-17)13-22-20(26)16(2)28-21(27)19-14-23-25(24-19)18-11-7-4-8-12-18/h3-12,14-16H,13H2,1-2H3,(H,22,26). The van der Waals surface area contributed by atoms with Crippen molar-refractivity contribution in [2.45, 2.75) is 25.9 Å². The van der Waals surface area contributed by atoms with Crippen LogP contribution in [0.1, 0.15) is 35.8 Å². The molecule has 0 saturated heterocycles. The van der Waals surface area contributed by atoms with Gasteiger partial charge in [0.1, 0.15) is 0 Å². The highest BCUT2D eigenvalue weighted by Gasteiger charge is 2.21. The summed E-state index contributed by atoms with van der Waals surface area (Å²) in [5.41, 5.74) is 1.90. The minimum Gasteiger partial charge on any atom is -0.448 e. The van der Waals surface area contributed by atoms with Crippen molar-refractivity contribution in [3.05, 3.63) is 78.1 Å². The molecule has 3 aromatic rings. The SMILES string of the molecule is CC(OC(=O)c1cnn(-c2ccccc2)n1)C(=O)NCC(C)c1ccccc1. The van der Waals surface area contributed by atoms with Crippen LogP contribution in [0.4, 0.5) is 0 Å². The van der Waals surface area contributed by atoms with Gasteiger partial charge in [0, 0.05) is 6.54 Å². The van der Waals surface area contributed by atoms with E-state index in [9.17, 15) is 9.59 Å². The summed E-state index contributed by atoms with van der Waals surface area (Å²) in [6, 6.07) is 19.1. The Kier molecular flexibility index (Phi) is 6.16. The molecule has 0 aliphatic heterocycles. The topological polar surface area (TPSA) is 86.1 Å². The van der Waals surface area contributed by atoms with E-state index in [0.717, 1.165) is 11.3 Å². The van der Waals surface area contributed by atoms with Crippen LogP contribution in [-0.4, -0.2) is 39.5 Å². The number of hydrogen-bond donors (Lipinski definition) is 1. The van der Waals surface area contributed by atoms with Gasteiger partial charge in [0.05, 0.1) is 11.9 Å². The predicted octanol–water partition coefficient (Wildman–Crippen LogP) is 2.73. The van der Waals surface area contributed by atoms with Gasteiger partial charge < -0.3 is 10.1 Å². The van der Waals surface area contributed by atoms with Gasteiger partial charge in [-0.25, -0.2) is 4.79 Å². The van der Waals surface area contributed by atoms with Crippen LogP contribution in [0.15, 0.2) is 66.9 Å². The van der Waals surface area contributed by atoms with E-state index in [2.05, 4.69) is 15.5 Å². The fourth-order valence-corrected chi connectivity index (χ4v) is 2.61. The zero-order valence-electron chi connectivity index (χ0n) is 15.8.